The lowest BCUT2D eigenvalue weighted by molar-refractivity contribution is -0.653. The molecule has 11 nitrogen and oxygen atoms in total. The van der Waals surface area contributed by atoms with Crippen LogP contribution < -0.4 is 15.4 Å². The fourth-order valence-corrected chi connectivity index (χ4v) is 6.74. The quantitative estimate of drug-likeness (QED) is 0.0804. The standard InChI is InChI=1S/C32H38N3O8PS/c1-19(2)16-24(29(37)33-25(30(38)39)17-20(3)4)32(41,44-42)18-45-27-15-14-21-10-6-9-13-26(21)35(27)34-28(36)22-11-7-8-12-23(22)31(40)43-5/h6-15,19-20,24-25,41H,16-18H2,1-5H3,(H2-,33,34,36,37,38,39)/p+2/t24?,25-,32?/m0/s1. The van der Waals surface area contributed by atoms with Gasteiger partial charge in [0.15, 0.2) is 0 Å². The fraction of sp³-hybridized carbons (Fsp3) is 0.406. The topological polar surface area (TPSA) is 163 Å². The van der Waals surface area contributed by atoms with Crippen LogP contribution >= 0.6 is 20.2 Å². The molecule has 1 aromatic heterocycles. The summed E-state index contributed by atoms with van der Waals surface area (Å²) in [5.41, 5.74) is 3.60. The average Bonchev–Trinajstić information content (AvgIpc) is 3.01. The Hall–Kier alpha value is -3.86. The number of esters is 1. The van der Waals surface area contributed by atoms with E-state index < -0.39 is 49.5 Å². The Balaban J connectivity index is 1.98. The van der Waals surface area contributed by atoms with Gasteiger partial charge >= 0.3 is 26.3 Å². The van der Waals surface area contributed by atoms with Crippen molar-refractivity contribution in [1.29, 1.82) is 0 Å². The van der Waals surface area contributed by atoms with Gasteiger partial charge in [-0.25, -0.2) is 9.59 Å². The summed E-state index contributed by atoms with van der Waals surface area (Å²) in [6, 6.07) is 15.8. The number of pyridine rings is 1. The second-order valence-corrected chi connectivity index (χ2v) is 13.6. The van der Waals surface area contributed by atoms with E-state index in [1.54, 1.807) is 30.3 Å². The van der Waals surface area contributed by atoms with Crippen molar-refractivity contribution in [2.24, 2.45) is 17.8 Å². The minimum Gasteiger partial charge on any atom is -0.480 e. The number of aliphatic carboxylic acids is 1. The Morgan fingerprint density at radius 3 is 2.16 bits per heavy atom. The number of amides is 2. The zero-order valence-corrected chi connectivity index (χ0v) is 27.7. The number of hydrogen-bond donors (Lipinski definition) is 4. The number of rotatable bonds is 15. The van der Waals surface area contributed by atoms with Crippen LogP contribution in [0.2, 0.25) is 0 Å². The molecule has 0 aliphatic rings. The van der Waals surface area contributed by atoms with Crippen molar-refractivity contribution in [2.45, 2.75) is 56.9 Å². The summed E-state index contributed by atoms with van der Waals surface area (Å²) >= 11 is 1.07. The Bertz CT molecular complexity index is 1570. The summed E-state index contributed by atoms with van der Waals surface area (Å²) in [4.78, 5) is 51.2. The SMILES string of the molecule is COC(=O)c1ccccc1C(=O)N[n+]1c(SCC(O)([PH+]=O)C(CC(C)C)C(=O)N[C@@H](CC(C)C)C(=O)O)ccc2ccccc21. The lowest BCUT2D eigenvalue weighted by atomic mass is 9.90. The number of carbonyl (C=O) groups excluding carboxylic acids is 3. The number of hydrogen-bond acceptors (Lipinski definition) is 8. The summed E-state index contributed by atoms with van der Waals surface area (Å²) in [6.07, 6.45) is 0.350. The maximum Gasteiger partial charge on any atom is 0.361 e. The van der Waals surface area contributed by atoms with Crippen molar-refractivity contribution in [3.8, 4) is 0 Å². The molecule has 3 unspecified atom stereocenters. The van der Waals surface area contributed by atoms with Crippen LogP contribution in [0.1, 0.15) is 61.3 Å². The Labute approximate surface area is 267 Å². The molecule has 240 valence electrons. The average molecular weight is 658 g/mol. The number of nitrogens with one attached hydrogen (secondary N) is 2. The second-order valence-electron chi connectivity index (χ2n) is 11.6. The number of fused-ring (bicyclic) bond motifs is 1. The van der Waals surface area contributed by atoms with Crippen molar-refractivity contribution in [1.82, 2.24) is 5.32 Å². The highest BCUT2D eigenvalue weighted by atomic mass is 32.2. The van der Waals surface area contributed by atoms with Gasteiger partial charge in [-0.05, 0) is 60.7 Å². The third-order valence-corrected chi connectivity index (χ3v) is 9.47. The molecular weight excluding hydrogens is 617 g/mol. The van der Waals surface area contributed by atoms with Gasteiger partial charge in [-0.2, -0.15) is 0 Å². The van der Waals surface area contributed by atoms with Gasteiger partial charge in [0.1, 0.15) is 12.0 Å². The zero-order chi connectivity index (χ0) is 33.3. The molecule has 0 aliphatic heterocycles. The molecular formula is C32H40N3O8PS+2. The summed E-state index contributed by atoms with van der Waals surface area (Å²) in [5.74, 6) is -4.63. The normalized spacial score (nSPS) is 14.1. The van der Waals surface area contributed by atoms with Gasteiger partial charge in [0, 0.05) is 17.5 Å². The van der Waals surface area contributed by atoms with Crippen LogP contribution in [0.3, 0.4) is 0 Å². The van der Waals surface area contributed by atoms with Crippen LogP contribution in [0.5, 0.6) is 0 Å². The van der Waals surface area contributed by atoms with Crippen molar-refractivity contribution in [3.05, 3.63) is 71.8 Å². The maximum atomic E-state index is 13.5. The summed E-state index contributed by atoms with van der Waals surface area (Å²) in [6.45, 7) is 7.38. The number of aliphatic hydroxyl groups is 1. The van der Waals surface area contributed by atoms with E-state index in [-0.39, 0.29) is 41.6 Å². The molecule has 0 saturated carbocycles. The van der Waals surface area contributed by atoms with E-state index in [0.29, 0.717) is 10.5 Å². The summed E-state index contributed by atoms with van der Waals surface area (Å²) in [5, 5.41) is 23.1. The van der Waals surface area contributed by atoms with Gasteiger partial charge in [0.05, 0.1) is 24.0 Å². The summed E-state index contributed by atoms with van der Waals surface area (Å²) in [7, 11) is -0.0873. The molecule has 0 aliphatic carbocycles. The third kappa shape index (κ3) is 9.09. The highest BCUT2D eigenvalue weighted by Gasteiger charge is 2.50. The van der Waals surface area contributed by atoms with E-state index in [4.69, 9.17) is 4.74 Å². The smallest absolute Gasteiger partial charge is 0.361 e. The van der Waals surface area contributed by atoms with Gasteiger partial charge in [-0.1, -0.05) is 61.2 Å². The minimum absolute atomic E-state index is 0.0103. The monoisotopic (exact) mass is 657 g/mol. The second kappa shape index (κ2) is 15.9. The molecule has 3 aromatic rings. The predicted molar refractivity (Wildman–Crippen MR) is 172 cm³/mol. The first-order chi connectivity index (χ1) is 21.3. The number of carboxylic acids is 1. The van der Waals surface area contributed by atoms with E-state index in [1.165, 1.54) is 23.9 Å². The highest BCUT2D eigenvalue weighted by Crippen LogP contribution is 2.38. The minimum atomic E-state index is -2.02. The molecule has 1 heterocycles. The molecule has 4 atom stereocenters. The number of carbonyl (C=O) groups is 4. The number of para-hydroxylation sites is 1. The molecule has 4 N–H and O–H groups in total. The van der Waals surface area contributed by atoms with Crippen LogP contribution in [-0.4, -0.2) is 58.2 Å². The number of nitrogens with zero attached hydrogens (tertiary/aromatic N) is 1. The number of thioether (sulfide) groups is 1. The first kappa shape index (κ1) is 35.6. The van der Waals surface area contributed by atoms with E-state index >= 15 is 0 Å². The zero-order valence-electron chi connectivity index (χ0n) is 25.9. The number of benzene rings is 2. The van der Waals surface area contributed by atoms with Crippen LogP contribution in [0.15, 0.2) is 65.7 Å². The third-order valence-electron chi connectivity index (χ3n) is 7.13. The Morgan fingerprint density at radius 1 is 0.933 bits per heavy atom. The van der Waals surface area contributed by atoms with E-state index in [2.05, 4.69) is 10.7 Å². The Morgan fingerprint density at radius 2 is 1.56 bits per heavy atom. The molecule has 13 heteroatoms. The van der Waals surface area contributed by atoms with Crippen LogP contribution in [-0.2, 0) is 18.9 Å². The lowest BCUT2D eigenvalue weighted by Gasteiger charge is -2.27. The van der Waals surface area contributed by atoms with Gasteiger partial charge < -0.3 is 20.3 Å². The van der Waals surface area contributed by atoms with E-state index in [1.807, 2.05) is 45.9 Å². The number of methoxy groups -OCH3 is 1. The van der Waals surface area contributed by atoms with Gasteiger partial charge in [-0.3, -0.25) is 9.59 Å². The number of aromatic nitrogens is 1. The molecule has 0 saturated heterocycles. The first-order valence-electron chi connectivity index (χ1n) is 14.5. The summed E-state index contributed by atoms with van der Waals surface area (Å²) < 4.78 is 19.0. The Kier molecular flexibility index (Phi) is 12.6. The van der Waals surface area contributed by atoms with Crippen LogP contribution in [0.25, 0.3) is 10.9 Å². The highest BCUT2D eigenvalue weighted by molar-refractivity contribution is 7.99. The molecule has 0 radical (unpaired) electrons. The van der Waals surface area contributed by atoms with Crippen molar-refractivity contribution in [2.75, 3.05) is 18.3 Å². The molecule has 3 rings (SSSR count). The van der Waals surface area contributed by atoms with E-state index in [9.17, 15) is 34.0 Å². The van der Waals surface area contributed by atoms with Crippen LogP contribution in [0.4, 0.5) is 0 Å². The van der Waals surface area contributed by atoms with Gasteiger partial charge in [0.2, 0.25) is 11.4 Å². The van der Waals surface area contributed by atoms with Crippen molar-refractivity contribution < 1.29 is 43.4 Å². The largest absolute Gasteiger partial charge is 0.480 e. The van der Waals surface area contributed by atoms with Gasteiger partial charge in [0.25, 0.3) is 10.4 Å². The molecule has 2 amide bonds. The molecule has 2 aromatic carbocycles. The van der Waals surface area contributed by atoms with Gasteiger partial charge in [-0.15, -0.1) is 5.43 Å². The molecule has 0 spiro atoms. The fourth-order valence-electron chi connectivity index (χ4n) is 4.89. The van der Waals surface area contributed by atoms with Crippen LogP contribution in [0, 0.1) is 17.8 Å². The number of carboxylic acid groups (broad SMARTS) is 1. The van der Waals surface area contributed by atoms with Crippen molar-refractivity contribution in [3.63, 3.8) is 0 Å². The molecule has 0 fully saturated rings. The number of ether oxygens (including phenoxy) is 1. The molecule has 0 bridgehead atoms. The van der Waals surface area contributed by atoms with E-state index in [0.717, 1.165) is 17.1 Å². The van der Waals surface area contributed by atoms with Crippen molar-refractivity contribution >= 4 is 54.9 Å². The molecule has 45 heavy (non-hydrogen) atoms. The lowest BCUT2D eigenvalue weighted by Crippen LogP contribution is -2.52. The first-order valence-corrected chi connectivity index (χ1v) is 16.4. The predicted octanol–water partition coefficient (Wildman–Crippen LogP) is 4.38. The maximum absolute atomic E-state index is 13.5.